The third-order valence-electron chi connectivity index (χ3n) is 0.937. The molecule has 8 heteroatoms. The van der Waals surface area contributed by atoms with Crippen molar-refractivity contribution >= 4 is 16.1 Å². The summed E-state index contributed by atoms with van der Waals surface area (Å²) in [5, 5.41) is 7.75. The Morgan fingerprint density at radius 2 is 1.86 bits per heavy atom. The van der Waals surface area contributed by atoms with Crippen LogP contribution in [0.2, 0.25) is 0 Å². The third kappa shape index (κ3) is 30.2. The molecule has 86 valence electrons. The van der Waals surface area contributed by atoms with Gasteiger partial charge in [-0.3, -0.25) is 4.55 Å². The van der Waals surface area contributed by atoms with Crippen LogP contribution in [0.3, 0.4) is 0 Å². The predicted molar refractivity (Wildman–Crippen MR) is 49.1 cm³/mol. The van der Waals surface area contributed by atoms with Crippen LogP contribution in [0.1, 0.15) is 19.3 Å². The van der Waals surface area contributed by atoms with Crippen LogP contribution in [0.25, 0.3) is 0 Å². The minimum atomic E-state index is -3.67. The van der Waals surface area contributed by atoms with Gasteiger partial charge in [0.1, 0.15) is 0 Å². The smallest absolute Gasteiger partial charge is 0.330 e. The fourth-order valence-electron chi connectivity index (χ4n) is 0.459. The summed E-state index contributed by atoms with van der Waals surface area (Å²) >= 11 is 0. The summed E-state index contributed by atoms with van der Waals surface area (Å²) in [6, 6.07) is 0. The molecule has 0 rings (SSSR count). The molecule has 0 aromatic heterocycles. The maximum atomic E-state index is 10.2. The van der Waals surface area contributed by atoms with Gasteiger partial charge >= 0.3 is 5.97 Å². The number of unbranched alkanes of at least 4 members (excludes halogenated alkanes) is 1. The fraction of sp³-hybridized carbons (Fsp3) is 0.833. The monoisotopic (exact) mass is 229 g/mol. The van der Waals surface area contributed by atoms with E-state index in [2.05, 4.69) is 4.89 Å². The Labute approximate surface area is 82.5 Å². The first-order chi connectivity index (χ1) is 6.31. The zero-order chi connectivity index (χ0) is 11.6. The first kappa shape index (κ1) is 15.8. The van der Waals surface area contributed by atoms with E-state index in [1.54, 1.807) is 0 Å². The molecule has 4 N–H and O–H groups in total. The van der Waals surface area contributed by atoms with E-state index in [4.69, 9.17) is 15.5 Å². The van der Waals surface area contributed by atoms with Crippen LogP contribution in [0.5, 0.6) is 0 Å². The van der Waals surface area contributed by atoms with Crippen LogP contribution in [-0.2, 0) is 19.8 Å². The lowest BCUT2D eigenvalue weighted by Crippen LogP contribution is -2.03. The van der Waals surface area contributed by atoms with Crippen LogP contribution in [0, 0.1) is 0 Å². The Balaban J connectivity index is 0. The lowest BCUT2D eigenvalue weighted by molar-refractivity contribution is -0.234. The molecule has 0 atom stereocenters. The maximum absolute atomic E-state index is 10.2. The van der Waals surface area contributed by atoms with E-state index in [1.807, 2.05) is 0 Å². The molecule has 0 fully saturated rings. The molecule has 0 radical (unpaired) electrons. The van der Waals surface area contributed by atoms with Crippen molar-refractivity contribution < 1.29 is 27.9 Å². The first-order valence-corrected chi connectivity index (χ1v) is 5.63. The standard InChI is InChI=1S/C5H11NO3.CH4O3S/c6-4-2-1-3-5(7)9-8;1-5(2,3)4/h8H,1-4,6H2;1H3,(H,2,3,4). The summed E-state index contributed by atoms with van der Waals surface area (Å²) in [7, 11) is -3.67. The predicted octanol–water partition coefficient (Wildman–Crippen LogP) is -0.364. The van der Waals surface area contributed by atoms with E-state index >= 15 is 0 Å². The van der Waals surface area contributed by atoms with Crippen molar-refractivity contribution in [2.45, 2.75) is 19.3 Å². The summed E-state index contributed by atoms with van der Waals surface area (Å²) < 4.78 is 25.9. The molecule has 0 heterocycles. The molecule has 0 aromatic carbocycles. The molecule has 0 aromatic rings. The van der Waals surface area contributed by atoms with Gasteiger partial charge in [-0.05, 0) is 19.4 Å². The topological polar surface area (TPSA) is 127 Å². The zero-order valence-corrected chi connectivity index (χ0v) is 8.66. The van der Waals surface area contributed by atoms with Crippen molar-refractivity contribution in [1.82, 2.24) is 0 Å². The quantitative estimate of drug-likeness (QED) is 0.260. The fourth-order valence-corrected chi connectivity index (χ4v) is 0.459. The Morgan fingerprint density at radius 3 is 2.14 bits per heavy atom. The molecule has 0 saturated heterocycles. The number of hydrogen-bond acceptors (Lipinski definition) is 6. The van der Waals surface area contributed by atoms with E-state index in [1.165, 1.54) is 0 Å². The van der Waals surface area contributed by atoms with Crippen LogP contribution in [0.15, 0.2) is 0 Å². The molecular weight excluding hydrogens is 214 g/mol. The molecular formula is C6H15NO6S. The van der Waals surface area contributed by atoms with E-state index in [0.29, 0.717) is 19.2 Å². The van der Waals surface area contributed by atoms with Crippen LogP contribution < -0.4 is 5.73 Å². The van der Waals surface area contributed by atoms with Crippen molar-refractivity contribution in [2.24, 2.45) is 5.73 Å². The molecule has 0 saturated carbocycles. The van der Waals surface area contributed by atoms with E-state index in [-0.39, 0.29) is 6.42 Å². The van der Waals surface area contributed by atoms with Crippen molar-refractivity contribution in [2.75, 3.05) is 12.8 Å². The molecule has 0 unspecified atom stereocenters. The number of nitrogens with two attached hydrogens (primary N) is 1. The SMILES string of the molecule is CS(=O)(=O)O.NCCCCC(=O)OO. The zero-order valence-electron chi connectivity index (χ0n) is 7.84. The average molecular weight is 229 g/mol. The highest BCUT2D eigenvalue weighted by Crippen LogP contribution is 1.93. The lowest BCUT2D eigenvalue weighted by atomic mass is 10.2. The van der Waals surface area contributed by atoms with Gasteiger partial charge in [-0.15, -0.1) is 0 Å². The third-order valence-corrected chi connectivity index (χ3v) is 0.937. The van der Waals surface area contributed by atoms with E-state index < -0.39 is 16.1 Å². The van der Waals surface area contributed by atoms with Gasteiger partial charge in [-0.1, -0.05) is 0 Å². The first-order valence-electron chi connectivity index (χ1n) is 3.78. The maximum Gasteiger partial charge on any atom is 0.342 e. The normalized spacial score (nSPS) is 10.0. The van der Waals surface area contributed by atoms with Gasteiger partial charge in [0.05, 0.1) is 6.26 Å². The Hall–Kier alpha value is -0.700. The van der Waals surface area contributed by atoms with Crippen LogP contribution in [0.4, 0.5) is 0 Å². The van der Waals surface area contributed by atoms with Crippen LogP contribution in [-0.4, -0.2) is 37.0 Å². The molecule has 0 aliphatic carbocycles. The number of hydrogen-bond donors (Lipinski definition) is 3. The van der Waals surface area contributed by atoms with Gasteiger partial charge < -0.3 is 10.6 Å². The highest BCUT2D eigenvalue weighted by atomic mass is 32.2. The van der Waals surface area contributed by atoms with Crippen LogP contribution >= 0.6 is 0 Å². The van der Waals surface area contributed by atoms with Gasteiger partial charge in [-0.2, -0.15) is 13.7 Å². The second-order valence-corrected chi connectivity index (χ2v) is 3.91. The highest BCUT2D eigenvalue weighted by molar-refractivity contribution is 7.85. The summed E-state index contributed by atoms with van der Waals surface area (Å²) in [5.41, 5.74) is 5.14. The molecule has 14 heavy (non-hydrogen) atoms. The molecule has 0 amide bonds. The van der Waals surface area contributed by atoms with Gasteiger partial charge in [0.2, 0.25) is 0 Å². The Morgan fingerprint density at radius 1 is 1.43 bits per heavy atom. The molecule has 7 nitrogen and oxygen atoms in total. The van der Waals surface area contributed by atoms with Crippen molar-refractivity contribution in [1.29, 1.82) is 0 Å². The summed E-state index contributed by atoms with van der Waals surface area (Å²) in [6.07, 6.45) is 2.42. The van der Waals surface area contributed by atoms with Gasteiger partial charge in [0.25, 0.3) is 10.1 Å². The van der Waals surface area contributed by atoms with Crippen molar-refractivity contribution in [3.8, 4) is 0 Å². The Bertz CT molecular complexity index is 229. The second kappa shape index (κ2) is 8.88. The largest absolute Gasteiger partial charge is 0.342 e. The van der Waals surface area contributed by atoms with Gasteiger partial charge in [0.15, 0.2) is 0 Å². The number of carbonyl (C=O) groups is 1. The second-order valence-electron chi connectivity index (χ2n) is 2.44. The number of rotatable bonds is 4. The van der Waals surface area contributed by atoms with Gasteiger partial charge in [0, 0.05) is 6.42 Å². The molecule has 0 aliphatic heterocycles. The van der Waals surface area contributed by atoms with Gasteiger partial charge in [-0.25, -0.2) is 4.79 Å². The average Bonchev–Trinajstić information content (AvgIpc) is 2.01. The summed E-state index contributed by atoms with van der Waals surface area (Å²) in [6.45, 7) is 0.568. The number of carbonyl (C=O) groups excluding carboxylic acids is 1. The van der Waals surface area contributed by atoms with Crippen molar-refractivity contribution in [3.63, 3.8) is 0 Å². The minimum Gasteiger partial charge on any atom is -0.330 e. The minimum absolute atomic E-state index is 0.244. The Kier molecular flexibility index (Phi) is 9.99. The van der Waals surface area contributed by atoms with Crippen molar-refractivity contribution in [3.05, 3.63) is 0 Å². The molecule has 0 bridgehead atoms. The van der Waals surface area contributed by atoms with E-state index in [0.717, 1.165) is 6.42 Å². The lowest BCUT2D eigenvalue weighted by Gasteiger charge is -1.93. The highest BCUT2D eigenvalue weighted by Gasteiger charge is 1.98. The summed E-state index contributed by atoms with van der Waals surface area (Å²) in [5.74, 6) is -0.594. The van der Waals surface area contributed by atoms with E-state index in [9.17, 15) is 13.2 Å². The molecule has 0 spiro atoms. The summed E-state index contributed by atoms with van der Waals surface area (Å²) in [4.78, 5) is 13.6. The molecule has 0 aliphatic rings.